The van der Waals surface area contributed by atoms with E-state index < -0.39 is 4.92 Å². The quantitative estimate of drug-likeness (QED) is 0.528. The number of pyridine rings is 1. The molecule has 1 aliphatic rings. The van der Waals surface area contributed by atoms with Crippen molar-refractivity contribution in [1.29, 1.82) is 0 Å². The molecule has 4 rings (SSSR count). The van der Waals surface area contributed by atoms with Gasteiger partial charge in [0.25, 0.3) is 11.6 Å². The Morgan fingerprint density at radius 3 is 2.82 bits per heavy atom. The molecule has 1 aromatic carbocycles. The minimum Gasteiger partial charge on any atom is -0.378 e. The Kier molecular flexibility index (Phi) is 4.85. The van der Waals surface area contributed by atoms with Crippen LogP contribution in [0.25, 0.3) is 5.65 Å². The highest BCUT2D eigenvalue weighted by Gasteiger charge is 2.22. The summed E-state index contributed by atoms with van der Waals surface area (Å²) in [4.78, 5) is 25.3. The van der Waals surface area contributed by atoms with E-state index in [0.29, 0.717) is 43.5 Å². The molecule has 28 heavy (non-hydrogen) atoms. The number of benzene rings is 1. The van der Waals surface area contributed by atoms with Crippen LogP contribution >= 0.6 is 0 Å². The summed E-state index contributed by atoms with van der Waals surface area (Å²) in [5.41, 5.74) is 1.14. The van der Waals surface area contributed by atoms with Crippen LogP contribution in [0.4, 0.5) is 11.4 Å². The molecule has 0 saturated carbocycles. The van der Waals surface area contributed by atoms with Gasteiger partial charge in [0.05, 0.1) is 24.7 Å². The van der Waals surface area contributed by atoms with E-state index in [0.717, 1.165) is 0 Å². The third kappa shape index (κ3) is 3.49. The van der Waals surface area contributed by atoms with E-state index >= 15 is 0 Å². The van der Waals surface area contributed by atoms with Gasteiger partial charge in [-0.05, 0) is 24.3 Å². The Hall–Kier alpha value is -3.53. The van der Waals surface area contributed by atoms with Gasteiger partial charge in [0.1, 0.15) is 5.69 Å². The second kappa shape index (κ2) is 7.61. The first kappa shape index (κ1) is 17.9. The molecule has 0 bridgehead atoms. The lowest BCUT2D eigenvalue weighted by Crippen LogP contribution is -2.40. The number of hydrogen-bond donors (Lipinski definition) is 1. The molecule has 10 nitrogen and oxygen atoms in total. The molecule has 10 heteroatoms. The summed E-state index contributed by atoms with van der Waals surface area (Å²) in [6.07, 6.45) is 1.82. The summed E-state index contributed by atoms with van der Waals surface area (Å²) < 4.78 is 7.04. The number of carbonyl (C=O) groups is 1. The van der Waals surface area contributed by atoms with Gasteiger partial charge in [0.15, 0.2) is 11.5 Å². The number of morpholine rings is 1. The summed E-state index contributed by atoms with van der Waals surface area (Å²) in [6.45, 7) is 2.15. The van der Waals surface area contributed by atoms with E-state index in [1.54, 1.807) is 21.4 Å². The number of nitrogens with one attached hydrogen (secondary N) is 1. The maximum absolute atomic E-state index is 12.6. The summed E-state index contributed by atoms with van der Waals surface area (Å²) in [6, 6.07) is 9.99. The number of hydrogen-bond acceptors (Lipinski definition) is 7. The predicted octanol–water partition coefficient (Wildman–Crippen LogP) is 1.72. The van der Waals surface area contributed by atoms with Gasteiger partial charge in [-0.2, -0.15) is 0 Å². The fourth-order valence-electron chi connectivity index (χ4n) is 3.10. The largest absolute Gasteiger partial charge is 0.378 e. The molecular weight excluding hydrogens is 364 g/mol. The van der Waals surface area contributed by atoms with Gasteiger partial charge in [0, 0.05) is 30.9 Å². The first-order valence-electron chi connectivity index (χ1n) is 8.81. The molecule has 3 aromatic rings. The maximum Gasteiger partial charge on any atom is 0.293 e. The van der Waals surface area contributed by atoms with Gasteiger partial charge < -0.3 is 15.0 Å². The van der Waals surface area contributed by atoms with Gasteiger partial charge >= 0.3 is 0 Å². The molecule has 1 aliphatic heterocycles. The van der Waals surface area contributed by atoms with E-state index in [4.69, 9.17) is 4.74 Å². The molecule has 0 unspecified atom stereocenters. The Morgan fingerprint density at radius 2 is 2.04 bits per heavy atom. The second-order valence-corrected chi connectivity index (χ2v) is 6.29. The zero-order valence-electron chi connectivity index (χ0n) is 14.9. The van der Waals surface area contributed by atoms with E-state index in [1.807, 2.05) is 24.4 Å². The van der Waals surface area contributed by atoms with Crippen molar-refractivity contribution >= 4 is 22.9 Å². The average molecular weight is 382 g/mol. The number of rotatable bonds is 5. The molecular formula is C18H18N6O4. The number of fused-ring (bicyclic) bond motifs is 1. The zero-order chi connectivity index (χ0) is 19.5. The fraction of sp³-hybridized carbons (Fsp3) is 0.278. The number of carbonyl (C=O) groups excluding carboxylic acids is 1. The lowest BCUT2D eigenvalue weighted by atomic mass is 10.1. The van der Waals surface area contributed by atoms with Crippen molar-refractivity contribution in [2.75, 3.05) is 31.6 Å². The number of amides is 1. The standard InChI is InChI=1S/C18H18N6O4/c25-18(22-7-9-28-10-8-22)13-4-5-14(15(11-13)24(26)27)19-12-17-21-20-16-3-1-2-6-23(16)17/h1-6,11,19H,7-10,12H2. The minimum atomic E-state index is -0.500. The Balaban J connectivity index is 1.55. The Bertz CT molecular complexity index is 1030. The van der Waals surface area contributed by atoms with Crippen molar-refractivity contribution in [3.63, 3.8) is 0 Å². The van der Waals surface area contributed by atoms with Gasteiger partial charge in [-0.25, -0.2) is 0 Å². The highest BCUT2D eigenvalue weighted by molar-refractivity contribution is 5.95. The number of ether oxygens (including phenoxy) is 1. The van der Waals surface area contributed by atoms with Crippen LogP contribution in [0.2, 0.25) is 0 Å². The third-order valence-electron chi connectivity index (χ3n) is 4.56. The number of aromatic nitrogens is 3. The summed E-state index contributed by atoms with van der Waals surface area (Å²) >= 11 is 0. The second-order valence-electron chi connectivity index (χ2n) is 6.29. The molecule has 1 fully saturated rings. The van der Waals surface area contributed by atoms with Gasteiger partial charge in [0.2, 0.25) is 0 Å². The monoisotopic (exact) mass is 382 g/mol. The van der Waals surface area contributed by atoms with E-state index in [-0.39, 0.29) is 23.7 Å². The van der Waals surface area contributed by atoms with Crippen molar-refractivity contribution < 1.29 is 14.5 Å². The lowest BCUT2D eigenvalue weighted by molar-refractivity contribution is -0.384. The summed E-state index contributed by atoms with van der Waals surface area (Å²) in [5, 5.41) is 22.7. The molecule has 144 valence electrons. The van der Waals surface area contributed by atoms with Crippen LogP contribution in [0.3, 0.4) is 0 Å². The predicted molar refractivity (Wildman–Crippen MR) is 100 cm³/mol. The zero-order valence-corrected chi connectivity index (χ0v) is 14.9. The highest BCUT2D eigenvalue weighted by atomic mass is 16.6. The van der Waals surface area contributed by atoms with E-state index in [2.05, 4.69) is 15.5 Å². The van der Waals surface area contributed by atoms with Crippen LogP contribution in [0.15, 0.2) is 42.6 Å². The van der Waals surface area contributed by atoms with Gasteiger partial charge in [-0.15, -0.1) is 10.2 Å². The molecule has 0 radical (unpaired) electrons. The smallest absolute Gasteiger partial charge is 0.293 e. The first-order valence-corrected chi connectivity index (χ1v) is 8.81. The molecule has 1 saturated heterocycles. The number of nitrogens with zero attached hydrogens (tertiary/aromatic N) is 5. The number of nitro groups is 1. The first-order chi connectivity index (χ1) is 13.6. The Labute approximate surface area is 159 Å². The van der Waals surface area contributed by atoms with Crippen LogP contribution in [0, 0.1) is 10.1 Å². The summed E-state index contributed by atoms with van der Waals surface area (Å²) in [5.74, 6) is 0.389. The fourth-order valence-corrected chi connectivity index (χ4v) is 3.10. The molecule has 0 spiro atoms. The van der Waals surface area contributed by atoms with Crippen LogP contribution in [-0.2, 0) is 11.3 Å². The number of nitro benzene ring substituents is 1. The minimum absolute atomic E-state index is 0.159. The molecule has 0 aliphatic carbocycles. The van der Waals surface area contributed by atoms with Gasteiger partial charge in [-0.1, -0.05) is 6.07 Å². The van der Waals surface area contributed by atoms with E-state index in [1.165, 1.54) is 6.07 Å². The molecule has 1 N–H and O–H groups in total. The third-order valence-corrected chi connectivity index (χ3v) is 4.56. The van der Waals surface area contributed by atoms with Crippen molar-refractivity contribution in [3.05, 3.63) is 64.1 Å². The van der Waals surface area contributed by atoms with Crippen LogP contribution < -0.4 is 5.32 Å². The van der Waals surface area contributed by atoms with E-state index in [9.17, 15) is 14.9 Å². The van der Waals surface area contributed by atoms with Crippen LogP contribution in [-0.4, -0.2) is 56.6 Å². The van der Waals surface area contributed by atoms with Crippen LogP contribution in [0.5, 0.6) is 0 Å². The molecule has 3 heterocycles. The van der Waals surface area contributed by atoms with Crippen molar-refractivity contribution in [2.45, 2.75) is 6.54 Å². The van der Waals surface area contributed by atoms with Crippen LogP contribution in [0.1, 0.15) is 16.2 Å². The van der Waals surface area contributed by atoms with Gasteiger partial charge in [-0.3, -0.25) is 19.3 Å². The Morgan fingerprint density at radius 1 is 1.21 bits per heavy atom. The normalized spacial score (nSPS) is 14.2. The van der Waals surface area contributed by atoms with Crippen molar-refractivity contribution in [1.82, 2.24) is 19.5 Å². The van der Waals surface area contributed by atoms with Crippen molar-refractivity contribution in [2.24, 2.45) is 0 Å². The lowest BCUT2D eigenvalue weighted by Gasteiger charge is -2.26. The van der Waals surface area contributed by atoms with Crippen molar-refractivity contribution in [3.8, 4) is 0 Å². The average Bonchev–Trinajstić information content (AvgIpc) is 3.15. The molecule has 0 atom stereocenters. The number of anilines is 1. The maximum atomic E-state index is 12.6. The summed E-state index contributed by atoms with van der Waals surface area (Å²) in [7, 11) is 0. The molecule has 1 amide bonds. The SMILES string of the molecule is O=C(c1ccc(NCc2nnc3ccccn23)c([N+](=O)[O-])c1)N1CCOCC1. The molecule has 2 aromatic heterocycles. The highest BCUT2D eigenvalue weighted by Crippen LogP contribution is 2.27. The topological polar surface area (TPSA) is 115 Å².